The van der Waals surface area contributed by atoms with E-state index in [-0.39, 0.29) is 23.9 Å². The van der Waals surface area contributed by atoms with Gasteiger partial charge in [-0.3, -0.25) is 0 Å². The molecular formula is C21H17BrClF2N3O4. The first-order valence-electron chi connectivity index (χ1n) is 9.73. The summed E-state index contributed by atoms with van der Waals surface area (Å²) in [5.74, 6) is 0.560. The molecule has 4 atom stereocenters. The quantitative estimate of drug-likeness (QED) is 0.476. The fraction of sp³-hybridized carbons (Fsp3) is 0.333. The molecule has 3 aromatic rings. The molecular weight excluding hydrogens is 512 g/mol. The second-order valence-corrected chi connectivity index (χ2v) is 8.59. The zero-order valence-electron chi connectivity index (χ0n) is 16.6. The fourth-order valence-corrected chi connectivity index (χ4v) is 4.32. The second-order valence-electron chi connectivity index (χ2n) is 7.36. The van der Waals surface area contributed by atoms with Crippen LogP contribution in [-0.4, -0.2) is 54.8 Å². The highest BCUT2D eigenvalue weighted by Crippen LogP contribution is 2.39. The van der Waals surface area contributed by atoms with Crippen LogP contribution in [0.2, 0.25) is 5.02 Å². The van der Waals surface area contributed by atoms with E-state index in [1.807, 2.05) is 0 Å². The van der Waals surface area contributed by atoms with E-state index in [1.165, 1.54) is 13.4 Å². The van der Waals surface area contributed by atoms with Crippen molar-refractivity contribution in [2.24, 2.45) is 0 Å². The summed E-state index contributed by atoms with van der Waals surface area (Å²) in [6.07, 6.45) is -1.41. The van der Waals surface area contributed by atoms with Gasteiger partial charge in [0.2, 0.25) is 0 Å². The van der Waals surface area contributed by atoms with Crippen LogP contribution in [0.4, 0.5) is 20.3 Å². The van der Waals surface area contributed by atoms with Gasteiger partial charge < -0.3 is 24.3 Å². The number of anilines is 2. The Morgan fingerprint density at radius 2 is 1.97 bits per heavy atom. The second kappa shape index (κ2) is 8.58. The number of ether oxygens (including phenoxy) is 4. The summed E-state index contributed by atoms with van der Waals surface area (Å²) in [5, 5.41) is 3.49. The van der Waals surface area contributed by atoms with Crippen LogP contribution in [0.1, 0.15) is 0 Å². The maximum Gasteiger partial charge on any atom is 0.166 e. The molecule has 0 radical (unpaired) electrons. The summed E-state index contributed by atoms with van der Waals surface area (Å²) in [5.41, 5.74) is 0.693. The molecule has 5 rings (SSSR count). The van der Waals surface area contributed by atoms with E-state index < -0.39 is 30.3 Å². The van der Waals surface area contributed by atoms with Crippen LogP contribution in [0.3, 0.4) is 0 Å². The molecule has 0 spiro atoms. The molecule has 3 heterocycles. The van der Waals surface area contributed by atoms with Gasteiger partial charge in [-0.25, -0.2) is 18.7 Å². The highest BCUT2D eigenvalue weighted by atomic mass is 79.9. The molecule has 2 aromatic carbocycles. The van der Waals surface area contributed by atoms with Crippen molar-refractivity contribution in [3.05, 3.63) is 45.9 Å². The van der Waals surface area contributed by atoms with Gasteiger partial charge in [-0.1, -0.05) is 11.6 Å². The van der Waals surface area contributed by atoms with Crippen molar-refractivity contribution in [1.82, 2.24) is 9.97 Å². The third-order valence-electron chi connectivity index (χ3n) is 5.43. The van der Waals surface area contributed by atoms with E-state index >= 15 is 0 Å². The zero-order chi connectivity index (χ0) is 22.4. The summed E-state index contributed by atoms with van der Waals surface area (Å²) in [7, 11) is 1.50. The molecule has 168 valence electrons. The molecule has 0 amide bonds. The summed E-state index contributed by atoms with van der Waals surface area (Å²) in [6.45, 7) is 0.195. The lowest BCUT2D eigenvalue weighted by Crippen LogP contribution is -2.33. The Labute approximate surface area is 195 Å². The number of halogens is 4. The standard InChI is InChI=1S/C21H17BrClF2N3O4/c1-29-14-4-9-13(5-15(14)32-16-7-31-19-11(24)6-30-20(16)19)26-8-27-21(9)28-12-3-2-10(22)17(23)18(12)25/h2-5,8,11,16,19-20H,6-7H2,1H3,(H,26,27,28)/t11?,16?,19-,20-/m0/s1. The predicted octanol–water partition coefficient (Wildman–Crippen LogP) is 4.82. The molecule has 1 aromatic heterocycles. The van der Waals surface area contributed by atoms with E-state index in [0.29, 0.717) is 32.7 Å². The SMILES string of the molecule is COc1cc2c(Nc3ccc(Br)c(Cl)c3F)ncnc2cc1OC1CO[C@H]2C(F)CO[C@@H]12. The van der Waals surface area contributed by atoms with E-state index in [4.69, 9.17) is 30.5 Å². The van der Waals surface area contributed by atoms with Gasteiger partial charge in [0, 0.05) is 15.9 Å². The summed E-state index contributed by atoms with van der Waals surface area (Å²) in [6, 6.07) is 6.55. The average molecular weight is 529 g/mol. The van der Waals surface area contributed by atoms with Gasteiger partial charge in [-0.05, 0) is 34.1 Å². The molecule has 2 saturated heterocycles. The monoisotopic (exact) mass is 527 g/mol. The smallest absolute Gasteiger partial charge is 0.166 e. The lowest BCUT2D eigenvalue weighted by atomic mass is 10.1. The maximum absolute atomic E-state index is 14.6. The van der Waals surface area contributed by atoms with E-state index in [2.05, 4.69) is 31.2 Å². The van der Waals surface area contributed by atoms with Gasteiger partial charge in [0.05, 0.1) is 36.6 Å². The summed E-state index contributed by atoms with van der Waals surface area (Å²) in [4.78, 5) is 8.52. The van der Waals surface area contributed by atoms with Gasteiger partial charge in [0.1, 0.15) is 24.4 Å². The molecule has 0 saturated carbocycles. The van der Waals surface area contributed by atoms with Gasteiger partial charge >= 0.3 is 0 Å². The Kier molecular flexibility index (Phi) is 5.79. The van der Waals surface area contributed by atoms with Crippen LogP contribution in [0.5, 0.6) is 11.5 Å². The topological polar surface area (TPSA) is 74.7 Å². The Bertz CT molecular complexity index is 1190. The number of aromatic nitrogens is 2. The molecule has 1 N–H and O–H groups in total. The Balaban J connectivity index is 1.47. The van der Waals surface area contributed by atoms with Crippen molar-refractivity contribution < 1.29 is 27.7 Å². The molecule has 2 unspecified atom stereocenters. The van der Waals surface area contributed by atoms with Crippen LogP contribution in [0, 0.1) is 5.82 Å². The lowest BCUT2D eigenvalue weighted by molar-refractivity contribution is 0.0271. The molecule has 2 aliphatic rings. The number of benzene rings is 2. The van der Waals surface area contributed by atoms with Crippen molar-refractivity contribution in [2.45, 2.75) is 24.5 Å². The number of alkyl halides is 1. The first kappa shape index (κ1) is 21.6. The molecule has 7 nitrogen and oxygen atoms in total. The molecule has 2 fully saturated rings. The fourth-order valence-electron chi connectivity index (χ4n) is 3.85. The van der Waals surface area contributed by atoms with E-state index in [0.717, 1.165) is 0 Å². The number of hydrogen-bond donors (Lipinski definition) is 1. The van der Waals surface area contributed by atoms with Gasteiger partial charge in [0.25, 0.3) is 0 Å². The summed E-state index contributed by atoms with van der Waals surface area (Å²) >= 11 is 9.18. The normalized spacial score (nSPS) is 24.5. The van der Waals surface area contributed by atoms with Crippen molar-refractivity contribution in [3.63, 3.8) is 0 Å². The number of methoxy groups -OCH3 is 1. The highest BCUT2D eigenvalue weighted by molar-refractivity contribution is 9.10. The van der Waals surface area contributed by atoms with Crippen LogP contribution in [0.15, 0.2) is 35.1 Å². The molecule has 11 heteroatoms. The van der Waals surface area contributed by atoms with Crippen molar-refractivity contribution in [2.75, 3.05) is 25.6 Å². The Morgan fingerprint density at radius 1 is 1.16 bits per heavy atom. The van der Waals surface area contributed by atoms with Crippen LogP contribution >= 0.6 is 27.5 Å². The third-order valence-corrected chi connectivity index (χ3v) is 6.69. The number of hydrogen-bond acceptors (Lipinski definition) is 7. The first-order chi connectivity index (χ1) is 15.5. The largest absolute Gasteiger partial charge is 0.493 e. The van der Waals surface area contributed by atoms with Crippen molar-refractivity contribution in [1.29, 1.82) is 0 Å². The molecule has 2 aliphatic heterocycles. The minimum absolute atomic E-state index is 0.0110. The van der Waals surface area contributed by atoms with Crippen molar-refractivity contribution >= 4 is 49.9 Å². The highest BCUT2D eigenvalue weighted by Gasteiger charge is 2.49. The molecule has 0 aliphatic carbocycles. The third kappa shape index (κ3) is 3.75. The van der Waals surface area contributed by atoms with Crippen LogP contribution in [0.25, 0.3) is 10.9 Å². The number of nitrogens with one attached hydrogen (secondary N) is 1. The number of rotatable bonds is 5. The zero-order valence-corrected chi connectivity index (χ0v) is 19.0. The number of fused-ring (bicyclic) bond motifs is 2. The Morgan fingerprint density at radius 3 is 2.78 bits per heavy atom. The lowest BCUT2D eigenvalue weighted by Gasteiger charge is -2.20. The van der Waals surface area contributed by atoms with Gasteiger partial charge in [-0.2, -0.15) is 0 Å². The van der Waals surface area contributed by atoms with Gasteiger partial charge in [-0.15, -0.1) is 0 Å². The molecule has 0 bridgehead atoms. The van der Waals surface area contributed by atoms with Crippen LogP contribution < -0.4 is 14.8 Å². The van der Waals surface area contributed by atoms with Gasteiger partial charge in [0.15, 0.2) is 29.6 Å². The predicted molar refractivity (Wildman–Crippen MR) is 117 cm³/mol. The minimum Gasteiger partial charge on any atom is -0.493 e. The summed E-state index contributed by atoms with van der Waals surface area (Å²) < 4.78 is 51.4. The number of nitrogens with zero attached hydrogens (tertiary/aromatic N) is 2. The first-order valence-corrected chi connectivity index (χ1v) is 10.9. The van der Waals surface area contributed by atoms with E-state index in [1.54, 1.807) is 24.3 Å². The average Bonchev–Trinajstić information content (AvgIpc) is 3.37. The van der Waals surface area contributed by atoms with Crippen molar-refractivity contribution in [3.8, 4) is 11.5 Å². The Hall–Kier alpha value is -2.27. The minimum atomic E-state index is -1.17. The van der Waals surface area contributed by atoms with Crippen LogP contribution in [-0.2, 0) is 9.47 Å². The molecule has 32 heavy (non-hydrogen) atoms. The maximum atomic E-state index is 14.6. The van der Waals surface area contributed by atoms with E-state index in [9.17, 15) is 8.78 Å².